The Labute approximate surface area is 121 Å². The summed E-state index contributed by atoms with van der Waals surface area (Å²) in [6.45, 7) is 0. The zero-order chi connectivity index (χ0) is 14.2. The third kappa shape index (κ3) is 3.01. The van der Waals surface area contributed by atoms with Gasteiger partial charge in [-0.15, -0.1) is 23.2 Å². The molecule has 1 saturated carbocycles. The fraction of sp³-hybridized carbons (Fsp3) is 0.385. The molecule has 1 unspecified atom stereocenters. The van der Waals surface area contributed by atoms with Crippen molar-refractivity contribution in [3.8, 4) is 0 Å². The first kappa shape index (κ1) is 14.2. The molecule has 0 aromatic heterocycles. The van der Waals surface area contributed by atoms with Gasteiger partial charge in [-0.2, -0.15) is 0 Å². The molecule has 1 atom stereocenters. The molecule has 4 nitrogen and oxygen atoms in total. The van der Waals surface area contributed by atoms with E-state index < -0.39 is 10.3 Å². The van der Waals surface area contributed by atoms with E-state index in [4.69, 9.17) is 23.2 Å². The molecule has 1 aliphatic rings. The van der Waals surface area contributed by atoms with Crippen molar-refractivity contribution in [3.63, 3.8) is 0 Å². The van der Waals surface area contributed by atoms with Gasteiger partial charge in [0.15, 0.2) is 0 Å². The maximum Gasteiger partial charge on any atom is 0.255 e. The lowest BCUT2D eigenvalue weighted by atomic mass is 10.1. The molecular weight excluding hydrogens is 287 g/mol. The van der Waals surface area contributed by atoms with Crippen molar-refractivity contribution in [2.45, 2.75) is 10.8 Å². The van der Waals surface area contributed by atoms with E-state index in [1.807, 2.05) is 0 Å². The van der Waals surface area contributed by atoms with Crippen LogP contribution in [0.1, 0.15) is 16.8 Å². The van der Waals surface area contributed by atoms with Crippen LogP contribution >= 0.6 is 23.2 Å². The van der Waals surface area contributed by atoms with E-state index in [-0.39, 0.29) is 11.8 Å². The zero-order valence-corrected chi connectivity index (χ0v) is 12.1. The number of rotatable bonds is 3. The molecule has 0 aliphatic heterocycles. The van der Waals surface area contributed by atoms with Gasteiger partial charge < -0.3 is 10.2 Å². The summed E-state index contributed by atoms with van der Waals surface area (Å²) in [5.74, 6) is -0.850. The molecule has 1 aromatic rings. The highest BCUT2D eigenvalue weighted by atomic mass is 35.5. The Morgan fingerprint density at radius 1 is 1.32 bits per heavy atom. The predicted octanol–water partition coefficient (Wildman–Crippen LogP) is 2.52. The first-order chi connectivity index (χ1) is 8.83. The van der Waals surface area contributed by atoms with Gasteiger partial charge >= 0.3 is 0 Å². The molecule has 1 N–H and O–H groups in total. The predicted molar refractivity (Wildman–Crippen MR) is 75.6 cm³/mol. The van der Waals surface area contributed by atoms with Gasteiger partial charge in [0.25, 0.3) is 5.91 Å². The minimum absolute atomic E-state index is 0.172. The van der Waals surface area contributed by atoms with Crippen molar-refractivity contribution in [2.75, 3.05) is 19.4 Å². The number of hydrogen-bond acceptors (Lipinski definition) is 2. The smallest absolute Gasteiger partial charge is 0.255 e. The van der Waals surface area contributed by atoms with Crippen LogP contribution < -0.4 is 5.32 Å². The van der Waals surface area contributed by atoms with E-state index in [2.05, 4.69) is 5.32 Å². The van der Waals surface area contributed by atoms with Crippen molar-refractivity contribution < 1.29 is 9.59 Å². The monoisotopic (exact) mass is 300 g/mol. The summed E-state index contributed by atoms with van der Waals surface area (Å²) in [4.78, 5) is 25.4. The van der Waals surface area contributed by atoms with Crippen LogP contribution in [0.25, 0.3) is 0 Å². The van der Waals surface area contributed by atoms with Crippen molar-refractivity contribution >= 4 is 40.7 Å². The molecule has 1 aliphatic carbocycles. The second-order valence-electron chi connectivity index (χ2n) is 4.75. The highest BCUT2D eigenvalue weighted by Crippen LogP contribution is 2.53. The molecule has 0 saturated heterocycles. The number of alkyl halides is 2. The standard InChI is InChI=1S/C13H14Cl2N2O2/c1-17(2)12(19)8-5-3-4-6-10(8)16-11(18)9-7-13(9,14)15/h3-6,9H,7H2,1-2H3,(H,16,18). The third-order valence-electron chi connectivity index (χ3n) is 2.96. The largest absolute Gasteiger partial charge is 0.345 e. The van der Waals surface area contributed by atoms with Crippen LogP contribution in [0.5, 0.6) is 0 Å². The van der Waals surface area contributed by atoms with Gasteiger partial charge in [0.2, 0.25) is 5.91 Å². The van der Waals surface area contributed by atoms with Crippen LogP contribution in [0.15, 0.2) is 24.3 Å². The van der Waals surface area contributed by atoms with Gasteiger partial charge in [-0.1, -0.05) is 12.1 Å². The quantitative estimate of drug-likeness (QED) is 0.872. The SMILES string of the molecule is CN(C)C(=O)c1ccccc1NC(=O)C1CC1(Cl)Cl. The number of amides is 2. The maximum atomic E-state index is 12.0. The van der Waals surface area contributed by atoms with Crippen molar-refractivity contribution in [1.29, 1.82) is 0 Å². The van der Waals surface area contributed by atoms with Crippen LogP contribution in [0.3, 0.4) is 0 Å². The van der Waals surface area contributed by atoms with E-state index in [0.29, 0.717) is 17.7 Å². The van der Waals surface area contributed by atoms with Crippen molar-refractivity contribution in [3.05, 3.63) is 29.8 Å². The number of benzene rings is 1. The van der Waals surface area contributed by atoms with E-state index >= 15 is 0 Å². The first-order valence-corrected chi connectivity index (χ1v) is 6.58. The van der Waals surface area contributed by atoms with Gasteiger partial charge in [0.05, 0.1) is 17.2 Å². The zero-order valence-electron chi connectivity index (χ0n) is 10.6. The second-order valence-corrected chi connectivity index (χ2v) is 6.29. The van der Waals surface area contributed by atoms with Crippen LogP contribution in [0, 0.1) is 5.92 Å². The fourth-order valence-corrected chi connectivity index (χ4v) is 2.24. The number of nitrogens with one attached hydrogen (secondary N) is 1. The van der Waals surface area contributed by atoms with Crippen LogP contribution in [0.4, 0.5) is 5.69 Å². The number of halogens is 2. The molecule has 1 aromatic carbocycles. The molecule has 0 spiro atoms. The number of nitrogens with zero attached hydrogens (tertiary/aromatic N) is 1. The molecule has 2 amide bonds. The van der Waals surface area contributed by atoms with E-state index in [9.17, 15) is 9.59 Å². The first-order valence-electron chi connectivity index (χ1n) is 5.82. The van der Waals surface area contributed by atoms with Gasteiger partial charge in [-0.25, -0.2) is 0 Å². The van der Waals surface area contributed by atoms with Crippen LogP contribution in [0.2, 0.25) is 0 Å². The molecule has 19 heavy (non-hydrogen) atoms. The third-order valence-corrected chi connectivity index (χ3v) is 3.80. The lowest BCUT2D eigenvalue weighted by Gasteiger charge is -2.14. The Hall–Kier alpha value is -1.26. The van der Waals surface area contributed by atoms with E-state index in [0.717, 1.165) is 0 Å². The summed E-state index contributed by atoms with van der Waals surface area (Å²) in [5, 5.41) is 2.71. The molecule has 0 heterocycles. The molecular formula is C13H14Cl2N2O2. The average molecular weight is 301 g/mol. The second kappa shape index (κ2) is 5.02. The molecule has 0 radical (unpaired) electrons. The van der Waals surface area contributed by atoms with E-state index in [1.54, 1.807) is 38.4 Å². The summed E-state index contributed by atoms with van der Waals surface area (Å²) in [6.07, 6.45) is 0.436. The molecule has 102 valence electrons. The highest BCUT2D eigenvalue weighted by Gasteiger charge is 2.56. The van der Waals surface area contributed by atoms with Crippen molar-refractivity contribution in [2.24, 2.45) is 5.92 Å². The normalized spacial score (nSPS) is 19.7. The number of hydrogen-bond donors (Lipinski definition) is 1. The van der Waals surface area contributed by atoms with Gasteiger partial charge in [0, 0.05) is 14.1 Å². The Balaban J connectivity index is 2.17. The minimum atomic E-state index is -0.968. The number of carbonyl (C=O) groups is 2. The minimum Gasteiger partial charge on any atom is -0.345 e. The Morgan fingerprint density at radius 3 is 2.42 bits per heavy atom. The fourth-order valence-electron chi connectivity index (χ4n) is 1.74. The lowest BCUT2D eigenvalue weighted by molar-refractivity contribution is -0.117. The van der Waals surface area contributed by atoms with Crippen molar-refractivity contribution in [1.82, 2.24) is 4.90 Å². The Kier molecular flexibility index (Phi) is 3.74. The molecule has 0 bridgehead atoms. The average Bonchev–Trinajstić information content (AvgIpc) is 2.98. The number of para-hydroxylation sites is 1. The lowest BCUT2D eigenvalue weighted by Crippen LogP contribution is -2.24. The molecule has 6 heteroatoms. The Morgan fingerprint density at radius 2 is 1.89 bits per heavy atom. The van der Waals surface area contributed by atoms with E-state index in [1.165, 1.54) is 4.90 Å². The highest BCUT2D eigenvalue weighted by molar-refractivity contribution is 6.52. The van der Waals surface area contributed by atoms with Crippen LogP contribution in [-0.2, 0) is 4.79 Å². The Bertz CT molecular complexity index is 529. The summed E-state index contributed by atoms with van der Waals surface area (Å²) in [5.41, 5.74) is 0.915. The van der Waals surface area contributed by atoms with Gasteiger partial charge in [0.1, 0.15) is 4.33 Å². The van der Waals surface area contributed by atoms with Crippen LogP contribution in [-0.4, -0.2) is 35.1 Å². The number of carbonyl (C=O) groups excluding carboxylic acids is 2. The molecule has 2 rings (SSSR count). The summed E-state index contributed by atoms with van der Waals surface area (Å²) < 4.78 is -0.968. The summed E-state index contributed by atoms with van der Waals surface area (Å²) in [6, 6.07) is 6.85. The number of anilines is 1. The molecule has 1 fully saturated rings. The maximum absolute atomic E-state index is 12.0. The van der Waals surface area contributed by atoms with Gasteiger partial charge in [-0.3, -0.25) is 9.59 Å². The summed E-state index contributed by atoms with van der Waals surface area (Å²) >= 11 is 11.7. The summed E-state index contributed by atoms with van der Waals surface area (Å²) in [7, 11) is 3.31. The topological polar surface area (TPSA) is 49.4 Å². The van der Waals surface area contributed by atoms with Gasteiger partial charge in [-0.05, 0) is 18.6 Å².